The summed E-state index contributed by atoms with van der Waals surface area (Å²) in [4.78, 5) is 13.9. The Bertz CT molecular complexity index is 420. The zero-order chi connectivity index (χ0) is 12.3. The van der Waals surface area contributed by atoms with Crippen molar-refractivity contribution < 1.29 is 4.79 Å². The first-order chi connectivity index (χ1) is 8.20. The molecule has 92 valence electrons. The number of anilines is 1. The van der Waals surface area contributed by atoms with Gasteiger partial charge in [-0.15, -0.1) is 0 Å². The molecule has 0 spiro atoms. The molecule has 1 saturated heterocycles. The van der Waals surface area contributed by atoms with Gasteiger partial charge in [-0.25, -0.2) is 0 Å². The second-order valence-corrected chi connectivity index (χ2v) is 4.69. The fraction of sp³-hybridized carbons (Fsp3) is 0.462. The van der Waals surface area contributed by atoms with Crippen molar-refractivity contribution in [3.05, 3.63) is 28.8 Å². The minimum absolute atomic E-state index is 0.169. The Morgan fingerprint density at radius 1 is 1.35 bits per heavy atom. The number of rotatable bonds is 1. The van der Waals surface area contributed by atoms with Crippen molar-refractivity contribution in [3.63, 3.8) is 0 Å². The Morgan fingerprint density at radius 3 is 3.00 bits per heavy atom. The summed E-state index contributed by atoms with van der Waals surface area (Å²) in [6.45, 7) is 4.44. The number of nitrogens with zero attached hydrogens (tertiary/aromatic N) is 1. The normalized spacial score (nSPS) is 17.8. The molecule has 0 unspecified atom stereocenters. The van der Waals surface area contributed by atoms with E-state index in [4.69, 9.17) is 11.6 Å². The molecule has 0 aliphatic carbocycles. The molecule has 1 aromatic carbocycles. The Labute approximate surface area is 107 Å². The largest absolute Gasteiger partial charge is 0.316 e. The zero-order valence-electron chi connectivity index (χ0n) is 10.0. The van der Waals surface area contributed by atoms with Gasteiger partial charge in [-0.3, -0.25) is 4.79 Å². The predicted molar refractivity (Wildman–Crippen MR) is 70.6 cm³/mol. The number of nitrogens with one attached hydrogen (secondary N) is 1. The van der Waals surface area contributed by atoms with Crippen LogP contribution in [0.25, 0.3) is 0 Å². The number of benzene rings is 1. The van der Waals surface area contributed by atoms with E-state index in [2.05, 4.69) is 5.32 Å². The van der Waals surface area contributed by atoms with Gasteiger partial charge in [-0.05, 0) is 37.6 Å². The van der Waals surface area contributed by atoms with Gasteiger partial charge in [-0.1, -0.05) is 17.7 Å². The first kappa shape index (κ1) is 12.4. The van der Waals surface area contributed by atoms with Crippen LogP contribution in [0.1, 0.15) is 18.4 Å². The Morgan fingerprint density at radius 2 is 2.18 bits per heavy atom. The van der Waals surface area contributed by atoms with E-state index in [0.717, 1.165) is 42.3 Å². The molecule has 1 aliphatic rings. The van der Waals surface area contributed by atoms with E-state index in [-0.39, 0.29) is 5.91 Å². The number of carbonyl (C=O) groups excluding carboxylic acids is 1. The van der Waals surface area contributed by atoms with E-state index < -0.39 is 0 Å². The minimum atomic E-state index is 0.169. The maximum absolute atomic E-state index is 12.1. The molecule has 1 aromatic rings. The van der Waals surface area contributed by atoms with Crippen molar-refractivity contribution in [2.24, 2.45) is 0 Å². The van der Waals surface area contributed by atoms with Crippen LogP contribution >= 0.6 is 11.6 Å². The van der Waals surface area contributed by atoms with Crippen molar-refractivity contribution in [1.29, 1.82) is 0 Å². The van der Waals surface area contributed by atoms with Crippen LogP contribution in [0.4, 0.5) is 5.69 Å². The summed E-state index contributed by atoms with van der Waals surface area (Å²) < 4.78 is 0. The molecule has 0 radical (unpaired) electrons. The molecule has 0 aromatic heterocycles. The van der Waals surface area contributed by atoms with Crippen molar-refractivity contribution in [1.82, 2.24) is 5.32 Å². The standard InChI is InChI=1S/C13H17ClN2O/c1-10-11(14)4-2-5-12(10)16-9-3-7-15-8-6-13(16)17/h2,4-5,15H,3,6-9H2,1H3. The highest BCUT2D eigenvalue weighted by Gasteiger charge is 2.19. The maximum atomic E-state index is 12.1. The van der Waals surface area contributed by atoms with Crippen LogP contribution in [-0.2, 0) is 4.79 Å². The van der Waals surface area contributed by atoms with Gasteiger partial charge in [0.15, 0.2) is 0 Å². The van der Waals surface area contributed by atoms with Crippen molar-refractivity contribution in [3.8, 4) is 0 Å². The summed E-state index contributed by atoms with van der Waals surface area (Å²) >= 11 is 6.10. The van der Waals surface area contributed by atoms with Gasteiger partial charge in [0, 0.05) is 30.2 Å². The van der Waals surface area contributed by atoms with Crippen LogP contribution in [0.2, 0.25) is 5.02 Å². The molecule has 4 heteroatoms. The lowest BCUT2D eigenvalue weighted by atomic mass is 10.1. The average molecular weight is 253 g/mol. The summed E-state index contributed by atoms with van der Waals surface area (Å²) in [6, 6.07) is 5.72. The van der Waals surface area contributed by atoms with Gasteiger partial charge in [0.1, 0.15) is 0 Å². The topological polar surface area (TPSA) is 32.3 Å². The van der Waals surface area contributed by atoms with Crippen molar-refractivity contribution >= 4 is 23.2 Å². The van der Waals surface area contributed by atoms with Gasteiger partial charge in [0.25, 0.3) is 0 Å². The lowest BCUT2D eigenvalue weighted by Crippen LogP contribution is -2.38. The second-order valence-electron chi connectivity index (χ2n) is 4.28. The highest BCUT2D eigenvalue weighted by atomic mass is 35.5. The van der Waals surface area contributed by atoms with Crippen LogP contribution in [-0.4, -0.2) is 25.5 Å². The molecule has 1 N–H and O–H groups in total. The monoisotopic (exact) mass is 252 g/mol. The lowest BCUT2D eigenvalue weighted by molar-refractivity contribution is -0.118. The van der Waals surface area contributed by atoms with E-state index in [1.54, 1.807) is 0 Å². The third-order valence-electron chi connectivity index (χ3n) is 3.08. The third-order valence-corrected chi connectivity index (χ3v) is 3.49. The molecule has 1 fully saturated rings. The molecule has 0 atom stereocenters. The molecular formula is C13H17ClN2O. The first-order valence-electron chi connectivity index (χ1n) is 5.96. The van der Waals surface area contributed by atoms with Crippen LogP contribution in [0.5, 0.6) is 0 Å². The Hall–Kier alpha value is -1.06. The highest BCUT2D eigenvalue weighted by Crippen LogP contribution is 2.27. The van der Waals surface area contributed by atoms with E-state index in [1.807, 2.05) is 30.0 Å². The van der Waals surface area contributed by atoms with Gasteiger partial charge < -0.3 is 10.2 Å². The second kappa shape index (κ2) is 5.52. The van der Waals surface area contributed by atoms with Crippen LogP contribution in [0.3, 0.4) is 0 Å². The quantitative estimate of drug-likeness (QED) is 0.832. The van der Waals surface area contributed by atoms with Crippen molar-refractivity contribution in [2.75, 3.05) is 24.5 Å². The molecule has 1 aliphatic heterocycles. The summed E-state index contributed by atoms with van der Waals surface area (Å²) in [5, 5.41) is 3.96. The molecule has 17 heavy (non-hydrogen) atoms. The molecule has 1 heterocycles. The first-order valence-corrected chi connectivity index (χ1v) is 6.34. The maximum Gasteiger partial charge on any atom is 0.228 e. The Kier molecular flexibility index (Phi) is 4.02. The Balaban J connectivity index is 2.29. The van der Waals surface area contributed by atoms with Crippen LogP contribution < -0.4 is 10.2 Å². The van der Waals surface area contributed by atoms with E-state index >= 15 is 0 Å². The smallest absolute Gasteiger partial charge is 0.228 e. The number of hydrogen-bond donors (Lipinski definition) is 1. The van der Waals surface area contributed by atoms with E-state index in [9.17, 15) is 4.79 Å². The predicted octanol–water partition coefficient (Wildman–Crippen LogP) is 2.36. The fourth-order valence-corrected chi connectivity index (χ4v) is 2.25. The number of carbonyl (C=O) groups is 1. The molecule has 0 bridgehead atoms. The summed E-state index contributed by atoms with van der Waals surface area (Å²) in [5.74, 6) is 0.169. The molecular weight excluding hydrogens is 236 g/mol. The van der Waals surface area contributed by atoms with Gasteiger partial charge >= 0.3 is 0 Å². The highest BCUT2D eigenvalue weighted by molar-refractivity contribution is 6.31. The summed E-state index contributed by atoms with van der Waals surface area (Å²) in [6.07, 6.45) is 1.52. The summed E-state index contributed by atoms with van der Waals surface area (Å²) in [5.41, 5.74) is 1.93. The third kappa shape index (κ3) is 2.79. The number of hydrogen-bond acceptors (Lipinski definition) is 2. The van der Waals surface area contributed by atoms with E-state index in [0.29, 0.717) is 6.42 Å². The van der Waals surface area contributed by atoms with Crippen molar-refractivity contribution in [2.45, 2.75) is 19.8 Å². The van der Waals surface area contributed by atoms with Gasteiger partial charge in [-0.2, -0.15) is 0 Å². The van der Waals surface area contributed by atoms with E-state index in [1.165, 1.54) is 0 Å². The molecule has 1 amide bonds. The zero-order valence-corrected chi connectivity index (χ0v) is 10.8. The fourth-order valence-electron chi connectivity index (χ4n) is 2.09. The average Bonchev–Trinajstić information content (AvgIpc) is 2.29. The lowest BCUT2D eigenvalue weighted by Gasteiger charge is -2.27. The number of halogens is 1. The number of amides is 1. The van der Waals surface area contributed by atoms with Crippen LogP contribution in [0, 0.1) is 6.92 Å². The van der Waals surface area contributed by atoms with Gasteiger partial charge in [0.2, 0.25) is 5.91 Å². The molecule has 0 saturated carbocycles. The summed E-state index contributed by atoms with van der Waals surface area (Å²) in [7, 11) is 0. The van der Waals surface area contributed by atoms with Crippen LogP contribution in [0.15, 0.2) is 18.2 Å². The van der Waals surface area contributed by atoms with Gasteiger partial charge in [0.05, 0.1) is 0 Å². The minimum Gasteiger partial charge on any atom is -0.316 e. The molecule has 2 rings (SSSR count). The SMILES string of the molecule is Cc1c(Cl)cccc1N1CCCNCCC1=O. The molecule has 3 nitrogen and oxygen atoms in total.